The molecule has 2 aromatic rings. The van der Waals surface area contributed by atoms with E-state index in [1.165, 1.54) is 0 Å². The van der Waals surface area contributed by atoms with E-state index in [2.05, 4.69) is 30.9 Å². The van der Waals surface area contributed by atoms with Gasteiger partial charge in [0.15, 0.2) is 19.0 Å². The summed E-state index contributed by atoms with van der Waals surface area (Å²) in [6, 6.07) is 5.53. The number of benzene rings is 1. The van der Waals surface area contributed by atoms with Gasteiger partial charge in [-0.15, -0.1) is 0 Å². The molecule has 0 saturated carbocycles. The van der Waals surface area contributed by atoms with E-state index in [4.69, 9.17) is 20.9 Å². The molecular weight excluding hydrogens is 354 g/mol. The number of nitrogens with zero attached hydrogens (tertiary/aromatic N) is 3. The zero-order valence-electron chi connectivity index (χ0n) is 11.7. The van der Waals surface area contributed by atoms with Gasteiger partial charge in [0, 0.05) is 0 Å². The molecule has 0 spiro atoms. The highest BCUT2D eigenvalue weighted by molar-refractivity contribution is 9.10. The number of aromatic nitrogens is 3. The summed E-state index contributed by atoms with van der Waals surface area (Å²) in [5, 5.41) is 0. The molecule has 1 aromatic heterocycles. The first kappa shape index (κ1) is 16.0. The molecule has 0 amide bonds. The maximum Gasteiger partial charge on any atom is 0.344 e. The minimum absolute atomic E-state index is 0.0293. The quantitative estimate of drug-likeness (QED) is 0.755. The van der Waals surface area contributed by atoms with Gasteiger partial charge in [-0.25, -0.2) is 4.79 Å². The number of carbonyl (C=O) groups is 1. The molecule has 2 rings (SSSR count). The van der Waals surface area contributed by atoms with Crippen molar-refractivity contribution in [1.82, 2.24) is 15.0 Å². The molecule has 0 saturated heterocycles. The second-order valence-electron chi connectivity index (χ2n) is 4.35. The van der Waals surface area contributed by atoms with E-state index in [9.17, 15) is 4.79 Å². The zero-order valence-corrected chi connectivity index (χ0v) is 13.3. The maximum atomic E-state index is 11.6. The molecule has 0 bridgehead atoms. The lowest BCUT2D eigenvalue weighted by molar-refractivity contribution is -0.147. The first-order chi connectivity index (χ1) is 10.4. The highest BCUT2D eigenvalue weighted by Crippen LogP contribution is 2.25. The van der Waals surface area contributed by atoms with Gasteiger partial charge in [-0.1, -0.05) is 6.07 Å². The van der Waals surface area contributed by atoms with Gasteiger partial charge in [0.1, 0.15) is 5.75 Å². The second-order valence-corrected chi connectivity index (χ2v) is 5.21. The summed E-state index contributed by atoms with van der Waals surface area (Å²) in [5.41, 5.74) is 11.9. The van der Waals surface area contributed by atoms with Crippen molar-refractivity contribution in [3.05, 3.63) is 34.1 Å². The molecule has 9 heteroatoms. The Balaban J connectivity index is 1.85. The van der Waals surface area contributed by atoms with E-state index in [-0.39, 0.29) is 30.9 Å². The molecule has 0 fully saturated rings. The van der Waals surface area contributed by atoms with Gasteiger partial charge >= 0.3 is 5.97 Å². The molecule has 1 heterocycles. The van der Waals surface area contributed by atoms with Gasteiger partial charge in [0.25, 0.3) is 0 Å². The topological polar surface area (TPSA) is 126 Å². The van der Waals surface area contributed by atoms with Gasteiger partial charge < -0.3 is 20.9 Å². The number of esters is 1. The third-order valence-corrected chi connectivity index (χ3v) is 3.13. The van der Waals surface area contributed by atoms with Gasteiger partial charge in [0.05, 0.1) is 4.47 Å². The summed E-state index contributed by atoms with van der Waals surface area (Å²) in [4.78, 5) is 22.9. The van der Waals surface area contributed by atoms with Crippen molar-refractivity contribution < 1.29 is 14.3 Å². The van der Waals surface area contributed by atoms with Crippen molar-refractivity contribution >= 4 is 33.8 Å². The van der Waals surface area contributed by atoms with Crippen LogP contribution in [0.4, 0.5) is 11.9 Å². The fourth-order valence-corrected chi connectivity index (χ4v) is 2.18. The third kappa shape index (κ3) is 4.55. The van der Waals surface area contributed by atoms with Crippen molar-refractivity contribution in [2.75, 3.05) is 18.1 Å². The Kier molecular flexibility index (Phi) is 5.10. The van der Waals surface area contributed by atoms with Crippen LogP contribution in [0.2, 0.25) is 0 Å². The van der Waals surface area contributed by atoms with Gasteiger partial charge in [-0.3, -0.25) is 0 Å². The van der Waals surface area contributed by atoms with Crippen LogP contribution in [-0.4, -0.2) is 27.5 Å². The number of carbonyl (C=O) groups excluding carboxylic acids is 1. The summed E-state index contributed by atoms with van der Waals surface area (Å²) in [6.07, 6.45) is 0. The Labute approximate surface area is 135 Å². The van der Waals surface area contributed by atoms with Crippen molar-refractivity contribution in [3.63, 3.8) is 0 Å². The Morgan fingerprint density at radius 2 is 1.91 bits per heavy atom. The van der Waals surface area contributed by atoms with Crippen LogP contribution in [0.25, 0.3) is 0 Å². The average Bonchev–Trinajstić information content (AvgIpc) is 2.43. The summed E-state index contributed by atoms with van der Waals surface area (Å²) in [6.45, 7) is 1.56. The maximum absolute atomic E-state index is 11.6. The lowest BCUT2D eigenvalue weighted by Crippen LogP contribution is -2.16. The van der Waals surface area contributed by atoms with E-state index in [1.807, 2.05) is 19.1 Å². The number of halogens is 1. The van der Waals surface area contributed by atoms with E-state index in [1.54, 1.807) is 6.07 Å². The molecule has 0 aliphatic heterocycles. The Bertz CT molecular complexity index is 675. The molecule has 1 aromatic carbocycles. The van der Waals surface area contributed by atoms with E-state index in [0.717, 1.165) is 10.0 Å². The minimum atomic E-state index is -0.565. The van der Waals surface area contributed by atoms with Gasteiger partial charge in [-0.05, 0) is 40.5 Å². The van der Waals surface area contributed by atoms with Crippen LogP contribution in [-0.2, 0) is 16.1 Å². The Hall–Kier alpha value is -2.42. The highest BCUT2D eigenvalue weighted by Gasteiger charge is 2.09. The number of aryl methyl sites for hydroxylation is 1. The molecule has 0 aliphatic carbocycles. The van der Waals surface area contributed by atoms with Crippen LogP contribution in [0, 0.1) is 6.92 Å². The van der Waals surface area contributed by atoms with Crippen LogP contribution < -0.4 is 16.2 Å². The predicted octanol–water partition coefficient (Wildman–Crippen LogP) is 1.23. The fraction of sp³-hybridized carbons (Fsp3) is 0.231. The molecule has 0 radical (unpaired) electrons. The van der Waals surface area contributed by atoms with Gasteiger partial charge in [0.2, 0.25) is 11.9 Å². The summed E-state index contributed by atoms with van der Waals surface area (Å²) in [7, 11) is 0. The van der Waals surface area contributed by atoms with Crippen molar-refractivity contribution in [2.24, 2.45) is 0 Å². The molecular formula is C13H14BrN5O3. The lowest BCUT2D eigenvalue weighted by Gasteiger charge is -2.09. The molecule has 0 atom stereocenters. The third-order valence-electron chi connectivity index (χ3n) is 2.51. The van der Waals surface area contributed by atoms with E-state index >= 15 is 0 Å². The van der Waals surface area contributed by atoms with Crippen molar-refractivity contribution in [1.29, 1.82) is 0 Å². The smallest absolute Gasteiger partial charge is 0.344 e. The first-order valence-electron chi connectivity index (χ1n) is 6.24. The first-order valence-corrected chi connectivity index (χ1v) is 7.04. The predicted molar refractivity (Wildman–Crippen MR) is 82.8 cm³/mol. The monoisotopic (exact) mass is 367 g/mol. The molecule has 4 N–H and O–H groups in total. The highest BCUT2D eigenvalue weighted by atomic mass is 79.9. The van der Waals surface area contributed by atoms with Crippen LogP contribution in [0.1, 0.15) is 11.4 Å². The van der Waals surface area contributed by atoms with E-state index < -0.39 is 5.97 Å². The van der Waals surface area contributed by atoms with Crippen LogP contribution >= 0.6 is 15.9 Å². The summed E-state index contributed by atoms with van der Waals surface area (Å²) in [5.74, 6) is 0.105. The van der Waals surface area contributed by atoms with Crippen LogP contribution in [0.15, 0.2) is 22.7 Å². The number of hydrogen-bond acceptors (Lipinski definition) is 8. The standard InChI is InChI=1S/C13H14BrN5O3/c1-7-2-3-9(8(14)4-7)21-6-11(20)22-5-10-17-12(15)19-13(16)18-10/h2-4H,5-6H2,1H3,(H4,15,16,17,18,19). The van der Waals surface area contributed by atoms with Crippen molar-refractivity contribution in [2.45, 2.75) is 13.5 Å². The second kappa shape index (κ2) is 7.03. The number of nitrogen functional groups attached to an aromatic ring is 2. The fourth-order valence-electron chi connectivity index (χ4n) is 1.57. The van der Waals surface area contributed by atoms with Gasteiger partial charge in [-0.2, -0.15) is 15.0 Å². The summed E-state index contributed by atoms with van der Waals surface area (Å²) < 4.78 is 11.1. The largest absolute Gasteiger partial charge is 0.481 e. The van der Waals surface area contributed by atoms with Crippen molar-refractivity contribution in [3.8, 4) is 5.75 Å². The van der Waals surface area contributed by atoms with Crippen LogP contribution in [0.3, 0.4) is 0 Å². The Morgan fingerprint density at radius 1 is 1.23 bits per heavy atom. The normalized spacial score (nSPS) is 10.3. The zero-order chi connectivity index (χ0) is 16.1. The number of ether oxygens (including phenoxy) is 2. The molecule has 8 nitrogen and oxygen atoms in total. The van der Waals surface area contributed by atoms with E-state index in [0.29, 0.717) is 5.75 Å². The average molecular weight is 368 g/mol. The minimum Gasteiger partial charge on any atom is -0.481 e. The number of anilines is 2. The molecule has 0 unspecified atom stereocenters. The number of rotatable bonds is 5. The number of hydrogen-bond donors (Lipinski definition) is 2. The number of nitrogens with two attached hydrogens (primary N) is 2. The Morgan fingerprint density at radius 3 is 2.55 bits per heavy atom. The molecule has 22 heavy (non-hydrogen) atoms. The lowest BCUT2D eigenvalue weighted by atomic mass is 10.2. The van der Waals surface area contributed by atoms with Crippen LogP contribution in [0.5, 0.6) is 5.75 Å². The SMILES string of the molecule is Cc1ccc(OCC(=O)OCc2nc(N)nc(N)n2)c(Br)c1. The molecule has 116 valence electrons. The summed E-state index contributed by atoms with van der Waals surface area (Å²) >= 11 is 3.36. The molecule has 0 aliphatic rings.